The second-order valence-electron chi connectivity index (χ2n) is 1.93. The van der Waals surface area contributed by atoms with Crippen LogP contribution in [-0.4, -0.2) is 18.1 Å². The van der Waals surface area contributed by atoms with Gasteiger partial charge in [-0.15, -0.1) is 0 Å². The summed E-state index contributed by atoms with van der Waals surface area (Å²) in [5.74, 6) is -0.905. The van der Waals surface area contributed by atoms with Crippen molar-refractivity contribution < 1.29 is 9.90 Å². The fourth-order valence-electron chi connectivity index (χ4n) is 0.571. The van der Waals surface area contributed by atoms with Crippen LogP contribution in [0.15, 0.2) is 11.3 Å². The average Bonchev–Trinajstić information content (AvgIpc) is 1.64. The summed E-state index contributed by atoms with van der Waals surface area (Å²) in [7, 11) is 1.59. The molecule has 0 amide bonds. The predicted molar refractivity (Wildman–Crippen MR) is 35.1 cm³/mol. The van der Waals surface area contributed by atoms with E-state index in [1.165, 1.54) is 0 Å². The summed E-state index contributed by atoms with van der Waals surface area (Å²) < 4.78 is 0. The van der Waals surface area contributed by atoms with Crippen LogP contribution in [-0.2, 0) is 4.79 Å². The topological polar surface area (TPSA) is 49.3 Å². The van der Waals surface area contributed by atoms with Gasteiger partial charge in [0.05, 0.1) is 0 Å². The van der Waals surface area contributed by atoms with Gasteiger partial charge < -0.3 is 10.4 Å². The van der Waals surface area contributed by atoms with E-state index >= 15 is 0 Å². The highest BCUT2D eigenvalue weighted by Crippen LogP contribution is 1.96. The zero-order valence-electron chi connectivity index (χ0n) is 5.86. The van der Waals surface area contributed by atoms with Crippen molar-refractivity contribution >= 4 is 5.97 Å². The Labute approximate surface area is 54.4 Å². The molecule has 0 atom stereocenters. The van der Waals surface area contributed by atoms with Crippen molar-refractivity contribution in [2.45, 2.75) is 13.8 Å². The third kappa shape index (κ3) is 2.17. The van der Waals surface area contributed by atoms with Gasteiger partial charge in [-0.3, -0.25) is 0 Å². The molecule has 3 nitrogen and oxygen atoms in total. The van der Waals surface area contributed by atoms with Crippen molar-refractivity contribution in [3.05, 3.63) is 11.3 Å². The fraction of sp³-hybridized carbons (Fsp3) is 0.500. The maximum Gasteiger partial charge on any atom is 0.351 e. The van der Waals surface area contributed by atoms with Crippen LogP contribution in [0.3, 0.4) is 0 Å². The fourth-order valence-corrected chi connectivity index (χ4v) is 0.571. The van der Waals surface area contributed by atoms with E-state index in [1.807, 2.05) is 0 Å². The van der Waals surface area contributed by atoms with Crippen molar-refractivity contribution in [2.75, 3.05) is 7.05 Å². The monoisotopic (exact) mass is 129 g/mol. The van der Waals surface area contributed by atoms with Gasteiger partial charge in [-0.1, -0.05) is 0 Å². The number of carboxylic acid groups (broad SMARTS) is 1. The first-order chi connectivity index (χ1) is 4.09. The second kappa shape index (κ2) is 3.12. The maximum absolute atomic E-state index is 10.3. The van der Waals surface area contributed by atoms with Gasteiger partial charge >= 0.3 is 5.97 Å². The minimum Gasteiger partial charge on any atom is -0.477 e. The van der Waals surface area contributed by atoms with Crippen LogP contribution in [0.25, 0.3) is 0 Å². The molecule has 0 bridgehead atoms. The number of likely N-dealkylation sites (N-methyl/N-ethyl adjacent to an activating group) is 1. The Morgan fingerprint density at radius 3 is 1.89 bits per heavy atom. The molecule has 0 aromatic heterocycles. The van der Waals surface area contributed by atoms with Crippen molar-refractivity contribution in [1.82, 2.24) is 5.32 Å². The normalized spacial score (nSPS) is 8.33. The molecule has 0 aromatic rings. The molecular formula is C6H11NO2. The molecule has 0 aliphatic rings. The molecule has 0 fully saturated rings. The van der Waals surface area contributed by atoms with Gasteiger partial charge in [0.15, 0.2) is 0 Å². The standard InChI is InChI=1S/C6H11NO2/c1-4(2)5(7-3)6(8)9/h7H,1-3H3,(H,8,9). The molecule has 0 heterocycles. The summed E-state index contributed by atoms with van der Waals surface area (Å²) in [6, 6.07) is 0. The molecule has 0 radical (unpaired) electrons. The van der Waals surface area contributed by atoms with E-state index in [0.717, 1.165) is 5.57 Å². The highest BCUT2D eigenvalue weighted by Gasteiger charge is 2.04. The molecule has 3 heteroatoms. The van der Waals surface area contributed by atoms with Crippen LogP contribution in [0.4, 0.5) is 0 Å². The summed E-state index contributed by atoms with van der Waals surface area (Å²) >= 11 is 0. The average molecular weight is 129 g/mol. The Morgan fingerprint density at radius 2 is 1.89 bits per heavy atom. The van der Waals surface area contributed by atoms with Crippen LogP contribution < -0.4 is 5.32 Å². The molecule has 0 spiro atoms. The van der Waals surface area contributed by atoms with E-state index in [1.54, 1.807) is 20.9 Å². The first-order valence-corrected chi connectivity index (χ1v) is 2.68. The summed E-state index contributed by atoms with van der Waals surface area (Å²) in [6.45, 7) is 3.50. The van der Waals surface area contributed by atoms with Crippen molar-refractivity contribution in [3.8, 4) is 0 Å². The Hall–Kier alpha value is -0.990. The summed E-state index contributed by atoms with van der Waals surface area (Å²) in [5, 5.41) is 11.0. The molecule has 9 heavy (non-hydrogen) atoms. The Balaban J connectivity index is 4.35. The van der Waals surface area contributed by atoms with Crippen molar-refractivity contribution in [1.29, 1.82) is 0 Å². The maximum atomic E-state index is 10.3. The Kier molecular flexibility index (Phi) is 2.78. The van der Waals surface area contributed by atoms with E-state index in [9.17, 15) is 4.79 Å². The highest BCUT2D eigenvalue weighted by atomic mass is 16.4. The lowest BCUT2D eigenvalue weighted by Crippen LogP contribution is -2.16. The summed E-state index contributed by atoms with van der Waals surface area (Å²) in [5.41, 5.74) is 1.06. The molecule has 0 aliphatic carbocycles. The lowest BCUT2D eigenvalue weighted by Gasteiger charge is -2.00. The van der Waals surface area contributed by atoms with Crippen molar-refractivity contribution in [2.24, 2.45) is 0 Å². The minimum absolute atomic E-state index is 0.273. The van der Waals surface area contributed by atoms with Crippen LogP contribution in [0.1, 0.15) is 13.8 Å². The van der Waals surface area contributed by atoms with E-state index in [-0.39, 0.29) is 5.70 Å². The smallest absolute Gasteiger partial charge is 0.351 e. The second-order valence-corrected chi connectivity index (χ2v) is 1.93. The number of carbonyl (C=O) groups is 1. The molecule has 0 saturated heterocycles. The van der Waals surface area contributed by atoms with Crippen molar-refractivity contribution in [3.63, 3.8) is 0 Å². The SMILES string of the molecule is CNC(C(=O)O)=C(C)C. The molecule has 0 aromatic carbocycles. The predicted octanol–water partition coefficient (Wildman–Crippen LogP) is 0.584. The Morgan fingerprint density at radius 1 is 1.44 bits per heavy atom. The number of nitrogens with one attached hydrogen (secondary N) is 1. The largest absolute Gasteiger partial charge is 0.477 e. The zero-order valence-corrected chi connectivity index (χ0v) is 5.86. The molecule has 52 valence electrons. The van der Waals surface area contributed by atoms with Crippen LogP contribution in [0.2, 0.25) is 0 Å². The van der Waals surface area contributed by atoms with Gasteiger partial charge in [-0.25, -0.2) is 4.79 Å². The van der Waals surface area contributed by atoms with Gasteiger partial charge in [0, 0.05) is 7.05 Å². The number of aliphatic carboxylic acids is 1. The number of carboxylic acids is 1. The van der Waals surface area contributed by atoms with Gasteiger partial charge in [-0.05, 0) is 19.4 Å². The molecular weight excluding hydrogens is 118 g/mol. The van der Waals surface area contributed by atoms with E-state index in [2.05, 4.69) is 5.32 Å². The summed E-state index contributed by atoms with van der Waals surface area (Å²) in [4.78, 5) is 10.3. The summed E-state index contributed by atoms with van der Waals surface area (Å²) in [6.07, 6.45) is 0. The molecule has 0 rings (SSSR count). The number of rotatable bonds is 2. The van der Waals surface area contributed by atoms with Gasteiger partial charge in [0.1, 0.15) is 5.70 Å². The lowest BCUT2D eigenvalue weighted by molar-refractivity contribution is -0.133. The first kappa shape index (κ1) is 8.01. The lowest BCUT2D eigenvalue weighted by atomic mass is 10.2. The third-order valence-corrected chi connectivity index (χ3v) is 0.964. The van der Waals surface area contributed by atoms with Crippen LogP contribution in [0, 0.1) is 0 Å². The van der Waals surface area contributed by atoms with E-state index < -0.39 is 5.97 Å². The van der Waals surface area contributed by atoms with Crippen LogP contribution in [0.5, 0.6) is 0 Å². The van der Waals surface area contributed by atoms with Gasteiger partial charge in [0.2, 0.25) is 0 Å². The number of hydrogen-bond acceptors (Lipinski definition) is 2. The quantitative estimate of drug-likeness (QED) is 0.536. The molecule has 2 N–H and O–H groups in total. The highest BCUT2D eigenvalue weighted by molar-refractivity contribution is 5.86. The molecule has 0 unspecified atom stereocenters. The number of allylic oxidation sites excluding steroid dienone is 1. The van der Waals surface area contributed by atoms with E-state index in [4.69, 9.17) is 5.11 Å². The zero-order chi connectivity index (χ0) is 7.44. The number of hydrogen-bond donors (Lipinski definition) is 2. The van der Waals surface area contributed by atoms with Gasteiger partial charge in [-0.2, -0.15) is 0 Å². The van der Waals surface area contributed by atoms with Gasteiger partial charge in [0.25, 0.3) is 0 Å². The first-order valence-electron chi connectivity index (χ1n) is 2.68. The molecule has 0 saturated carbocycles. The molecule has 0 aliphatic heterocycles. The van der Waals surface area contributed by atoms with E-state index in [0.29, 0.717) is 0 Å². The van der Waals surface area contributed by atoms with Crippen LogP contribution >= 0.6 is 0 Å². The Bertz CT molecular complexity index is 145. The minimum atomic E-state index is -0.905. The third-order valence-electron chi connectivity index (χ3n) is 0.964.